The van der Waals surface area contributed by atoms with Crippen molar-refractivity contribution in [3.63, 3.8) is 0 Å². The third-order valence-electron chi connectivity index (χ3n) is 2.45. The maximum absolute atomic E-state index is 12.0. The third-order valence-corrected chi connectivity index (χ3v) is 4.54. The molecule has 17 heavy (non-hydrogen) atoms. The lowest BCUT2D eigenvalue weighted by atomic mass is 10.2. The largest absolute Gasteiger partial charge is 0.338 e. The Bertz CT molecular complexity index is 533. The van der Waals surface area contributed by atoms with Crippen LogP contribution in [-0.4, -0.2) is 11.9 Å². The zero-order chi connectivity index (χ0) is 12.3. The van der Waals surface area contributed by atoms with E-state index in [-0.39, 0.29) is 11.9 Å². The van der Waals surface area contributed by atoms with Crippen LogP contribution in [0.25, 0.3) is 9.40 Å². The second kappa shape index (κ2) is 5.35. The van der Waals surface area contributed by atoms with E-state index in [1.54, 1.807) is 11.3 Å². The second-order valence-corrected chi connectivity index (χ2v) is 5.77. The first-order chi connectivity index (χ1) is 8.24. The highest BCUT2D eigenvalue weighted by Crippen LogP contribution is 2.29. The fourth-order valence-electron chi connectivity index (χ4n) is 1.59. The Balaban J connectivity index is 2.10. The summed E-state index contributed by atoms with van der Waals surface area (Å²) in [6.07, 6.45) is 7.17. The number of fused-ring (bicyclic) bond motifs is 1. The normalized spacial score (nSPS) is 12.2. The van der Waals surface area contributed by atoms with Gasteiger partial charge in [-0.25, -0.2) is 0 Å². The van der Waals surface area contributed by atoms with E-state index < -0.39 is 0 Å². The third kappa shape index (κ3) is 2.68. The molecule has 88 valence electrons. The highest BCUT2D eigenvalue weighted by Gasteiger charge is 2.14. The summed E-state index contributed by atoms with van der Waals surface area (Å²) < 4.78 is 2.32. The molecule has 1 N–H and O–H groups in total. The van der Waals surface area contributed by atoms with E-state index in [9.17, 15) is 4.79 Å². The Morgan fingerprint density at radius 3 is 3.06 bits per heavy atom. The van der Waals surface area contributed by atoms with Crippen molar-refractivity contribution in [2.75, 3.05) is 0 Å². The van der Waals surface area contributed by atoms with Gasteiger partial charge in [-0.05, 0) is 23.9 Å². The lowest BCUT2D eigenvalue weighted by Crippen LogP contribution is -2.33. The van der Waals surface area contributed by atoms with Crippen molar-refractivity contribution < 1.29 is 4.79 Å². The highest BCUT2D eigenvalue weighted by molar-refractivity contribution is 7.27. The number of terminal acetylenes is 1. The van der Waals surface area contributed by atoms with Crippen LogP contribution in [0.15, 0.2) is 17.5 Å². The molecule has 2 aromatic heterocycles. The van der Waals surface area contributed by atoms with Crippen molar-refractivity contribution in [3.05, 3.63) is 22.4 Å². The maximum Gasteiger partial charge on any atom is 0.262 e. The van der Waals surface area contributed by atoms with Crippen LogP contribution in [0.2, 0.25) is 0 Å². The van der Waals surface area contributed by atoms with Crippen molar-refractivity contribution in [1.29, 1.82) is 0 Å². The average molecular weight is 263 g/mol. The predicted molar refractivity (Wildman–Crippen MR) is 74.7 cm³/mol. The molecule has 0 fully saturated rings. The SMILES string of the molecule is C#CC(CCC)NC(=O)c1cc2sccc2s1. The van der Waals surface area contributed by atoms with Crippen LogP contribution in [0.1, 0.15) is 29.4 Å². The van der Waals surface area contributed by atoms with Crippen LogP contribution >= 0.6 is 22.7 Å². The Hall–Kier alpha value is -1.31. The first-order valence-electron chi connectivity index (χ1n) is 5.48. The van der Waals surface area contributed by atoms with Crippen LogP contribution in [0, 0.1) is 12.3 Å². The van der Waals surface area contributed by atoms with Gasteiger partial charge in [0.25, 0.3) is 5.91 Å². The number of amides is 1. The van der Waals surface area contributed by atoms with Crippen LogP contribution in [-0.2, 0) is 0 Å². The summed E-state index contributed by atoms with van der Waals surface area (Å²) >= 11 is 3.16. The first-order valence-corrected chi connectivity index (χ1v) is 7.18. The van der Waals surface area contributed by atoms with Gasteiger partial charge >= 0.3 is 0 Å². The minimum Gasteiger partial charge on any atom is -0.338 e. The number of hydrogen-bond acceptors (Lipinski definition) is 3. The van der Waals surface area contributed by atoms with E-state index in [1.165, 1.54) is 11.3 Å². The van der Waals surface area contributed by atoms with Crippen LogP contribution in [0.4, 0.5) is 0 Å². The van der Waals surface area contributed by atoms with E-state index in [4.69, 9.17) is 6.42 Å². The number of hydrogen-bond donors (Lipinski definition) is 1. The molecule has 0 aromatic carbocycles. The highest BCUT2D eigenvalue weighted by atomic mass is 32.1. The summed E-state index contributed by atoms with van der Waals surface area (Å²) in [5, 5.41) is 4.91. The molecule has 2 heterocycles. The molecule has 0 radical (unpaired) electrons. The predicted octanol–water partition coefficient (Wildman–Crippen LogP) is 3.49. The number of nitrogens with one attached hydrogen (secondary N) is 1. The minimum absolute atomic E-state index is 0.0604. The van der Waals surface area contributed by atoms with Gasteiger partial charge in [0.2, 0.25) is 0 Å². The van der Waals surface area contributed by atoms with Crippen LogP contribution in [0.5, 0.6) is 0 Å². The van der Waals surface area contributed by atoms with Gasteiger partial charge in [-0.2, -0.15) is 0 Å². The van der Waals surface area contributed by atoms with E-state index in [0.717, 1.165) is 27.1 Å². The summed E-state index contributed by atoms with van der Waals surface area (Å²) in [6, 6.07) is 3.80. The van der Waals surface area contributed by atoms with Gasteiger partial charge in [-0.3, -0.25) is 4.79 Å². The molecule has 0 bridgehead atoms. The first kappa shape index (κ1) is 12.2. The number of carbonyl (C=O) groups excluding carboxylic acids is 1. The maximum atomic E-state index is 12.0. The van der Waals surface area contributed by atoms with Crippen LogP contribution in [0.3, 0.4) is 0 Å². The molecule has 2 nitrogen and oxygen atoms in total. The molecule has 0 aliphatic carbocycles. The number of thiophene rings is 2. The lowest BCUT2D eigenvalue weighted by molar-refractivity contribution is 0.0948. The van der Waals surface area contributed by atoms with Crippen molar-refractivity contribution >= 4 is 38.0 Å². The van der Waals surface area contributed by atoms with Gasteiger partial charge in [-0.1, -0.05) is 19.3 Å². The van der Waals surface area contributed by atoms with E-state index >= 15 is 0 Å². The Kier molecular flexibility index (Phi) is 3.82. The summed E-state index contributed by atoms with van der Waals surface area (Å²) in [4.78, 5) is 12.7. The van der Waals surface area contributed by atoms with E-state index in [2.05, 4.69) is 18.2 Å². The van der Waals surface area contributed by atoms with Crippen LogP contribution < -0.4 is 5.32 Å². The monoisotopic (exact) mass is 263 g/mol. The zero-order valence-electron chi connectivity index (χ0n) is 9.53. The fourth-order valence-corrected chi connectivity index (χ4v) is 3.60. The number of rotatable bonds is 4. The average Bonchev–Trinajstić information content (AvgIpc) is 2.88. The topological polar surface area (TPSA) is 29.1 Å². The Morgan fingerprint density at radius 2 is 2.41 bits per heavy atom. The molecule has 2 rings (SSSR count). The van der Waals surface area contributed by atoms with Gasteiger partial charge < -0.3 is 5.32 Å². The van der Waals surface area contributed by atoms with Crippen molar-refractivity contribution in [3.8, 4) is 12.3 Å². The smallest absolute Gasteiger partial charge is 0.262 e. The Labute approximate surface area is 109 Å². The molecule has 0 spiro atoms. The summed E-state index contributed by atoms with van der Waals surface area (Å²) in [6.45, 7) is 2.05. The summed E-state index contributed by atoms with van der Waals surface area (Å²) in [5.41, 5.74) is 0. The van der Waals surface area contributed by atoms with E-state index in [0.29, 0.717) is 0 Å². The summed E-state index contributed by atoms with van der Waals surface area (Å²) in [5.74, 6) is 2.55. The van der Waals surface area contributed by atoms with Gasteiger partial charge in [0, 0.05) is 9.40 Å². The summed E-state index contributed by atoms with van der Waals surface area (Å²) in [7, 11) is 0. The molecule has 1 unspecified atom stereocenters. The van der Waals surface area contributed by atoms with Gasteiger partial charge in [0.05, 0.1) is 10.9 Å². The van der Waals surface area contributed by atoms with E-state index in [1.807, 2.05) is 17.5 Å². The molecule has 2 aromatic rings. The molecular formula is C13H13NOS2. The number of carbonyl (C=O) groups is 1. The second-order valence-electron chi connectivity index (χ2n) is 3.74. The zero-order valence-corrected chi connectivity index (χ0v) is 11.2. The molecule has 1 amide bonds. The molecule has 0 saturated heterocycles. The van der Waals surface area contributed by atoms with Gasteiger partial charge in [0.1, 0.15) is 0 Å². The molecular weight excluding hydrogens is 250 g/mol. The standard InChI is InChI=1S/C13H13NOS2/c1-3-5-9(4-2)14-13(15)12-8-11-10(17-12)6-7-16-11/h2,6-9H,3,5H2,1H3,(H,14,15). The lowest BCUT2D eigenvalue weighted by Gasteiger charge is -2.10. The molecule has 0 saturated carbocycles. The van der Waals surface area contributed by atoms with Crippen molar-refractivity contribution in [1.82, 2.24) is 5.32 Å². The van der Waals surface area contributed by atoms with Crippen molar-refractivity contribution in [2.45, 2.75) is 25.8 Å². The molecule has 4 heteroatoms. The van der Waals surface area contributed by atoms with Crippen molar-refractivity contribution in [2.24, 2.45) is 0 Å². The fraction of sp³-hybridized carbons (Fsp3) is 0.308. The quantitative estimate of drug-likeness (QED) is 0.841. The van der Waals surface area contributed by atoms with Gasteiger partial charge in [0.15, 0.2) is 0 Å². The minimum atomic E-state index is -0.160. The molecule has 1 atom stereocenters. The Morgan fingerprint density at radius 1 is 1.59 bits per heavy atom. The molecule has 0 aliphatic rings. The van der Waals surface area contributed by atoms with Gasteiger partial charge in [-0.15, -0.1) is 29.1 Å². The molecule has 0 aliphatic heterocycles.